The van der Waals surface area contributed by atoms with Crippen molar-refractivity contribution in [2.75, 3.05) is 37.0 Å². The molecule has 1 aliphatic carbocycles. The first-order valence-corrected chi connectivity index (χ1v) is 7.06. The molecule has 1 saturated heterocycles. The zero-order valence-electron chi connectivity index (χ0n) is 11.6. The summed E-state index contributed by atoms with van der Waals surface area (Å²) in [6, 6.07) is 4.01. The molecule has 1 saturated carbocycles. The lowest BCUT2D eigenvalue weighted by molar-refractivity contribution is -0.124. The number of anilines is 2. The fraction of sp³-hybridized carbons (Fsp3) is 0.571. The summed E-state index contributed by atoms with van der Waals surface area (Å²) in [7, 11) is 1.84. The number of nitrogens with zero attached hydrogens (tertiary/aromatic N) is 2. The van der Waals surface area contributed by atoms with E-state index in [0.29, 0.717) is 19.3 Å². The minimum atomic E-state index is -0.253. The summed E-state index contributed by atoms with van der Waals surface area (Å²) in [5, 5.41) is 6.08. The van der Waals surface area contributed by atoms with E-state index in [1.54, 1.807) is 6.20 Å². The Morgan fingerprint density at radius 1 is 1.50 bits per heavy atom. The van der Waals surface area contributed by atoms with Gasteiger partial charge < -0.3 is 20.3 Å². The lowest BCUT2D eigenvalue weighted by Crippen LogP contribution is -2.54. The normalized spacial score (nSPS) is 22.4. The molecule has 3 rings (SSSR count). The van der Waals surface area contributed by atoms with Crippen LogP contribution in [-0.2, 0) is 9.53 Å². The predicted octanol–water partition coefficient (Wildman–Crippen LogP) is 0.607. The number of carbonyl (C=O) groups excluding carboxylic acids is 1. The van der Waals surface area contributed by atoms with Crippen LogP contribution in [0.5, 0.6) is 0 Å². The molecule has 6 heteroatoms. The third-order valence-corrected chi connectivity index (χ3v) is 3.69. The van der Waals surface area contributed by atoms with Gasteiger partial charge in [-0.25, -0.2) is 4.98 Å². The SMILES string of the molecule is CNc1cc(N2CCOCC2C(=O)NC2CC2)ccn1. The van der Waals surface area contributed by atoms with Crippen molar-refractivity contribution in [2.24, 2.45) is 0 Å². The second kappa shape index (κ2) is 5.66. The largest absolute Gasteiger partial charge is 0.377 e. The van der Waals surface area contributed by atoms with Crippen molar-refractivity contribution in [3.05, 3.63) is 18.3 Å². The van der Waals surface area contributed by atoms with Crippen molar-refractivity contribution in [1.82, 2.24) is 10.3 Å². The van der Waals surface area contributed by atoms with Crippen LogP contribution in [0, 0.1) is 0 Å². The Morgan fingerprint density at radius 2 is 2.35 bits per heavy atom. The van der Waals surface area contributed by atoms with Crippen LogP contribution in [0.1, 0.15) is 12.8 Å². The number of carbonyl (C=O) groups is 1. The second-order valence-corrected chi connectivity index (χ2v) is 5.22. The third-order valence-electron chi connectivity index (χ3n) is 3.69. The van der Waals surface area contributed by atoms with E-state index in [9.17, 15) is 4.79 Å². The molecule has 6 nitrogen and oxygen atoms in total. The lowest BCUT2D eigenvalue weighted by atomic mass is 10.2. The molecule has 1 amide bonds. The quantitative estimate of drug-likeness (QED) is 0.843. The van der Waals surface area contributed by atoms with Crippen molar-refractivity contribution in [3.63, 3.8) is 0 Å². The Bertz CT molecular complexity index is 490. The van der Waals surface area contributed by atoms with E-state index in [0.717, 1.165) is 30.9 Å². The molecule has 2 heterocycles. The van der Waals surface area contributed by atoms with E-state index < -0.39 is 0 Å². The van der Waals surface area contributed by atoms with Crippen LogP contribution in [0.4, 0.5) is 11.5 Å². The molecule has 1 aliphatic heterocycles. The molecule has 1 aromatic heterocycles. The van der Waals surface area contributed by atoms with Gasteiger partial charge in [-0.2, -0.15) is 0 Å². The molecule has 0 aromatic carbocycles. The molecule has 0 radical (unpaired) electrons. The molecule has 1 atom stereocenters. The number of pyridine rings is 1. The van der Waals surface area contributed by atoms with Crippen molar-refractivity contribution >= 4 is 17.4 Å². The van der Waals surface area contributed by atoms with Crippen LogP contribution in [-0.4, -0.2) is 49.8 Å². The highest BCUT2D eigenvalue weighted by atomic mass is 16.5. The smallest absolute Gasteiger partial charge is 0.245 e. The summed E-state index contributed by atoms with van der Waals surface area (Å²) in [5.41, 5.74) is 1.00. The Kier molecular flexibility index (Phi) is 3.73. The number of hydrogen-bond acceptors (Lipinski definition) is 5. The Morgan fingerprint density at radius 3 is 3.10 bits per heavy atom. The van der Waals surface area contributed by atoms with Crippen LogP contribution >= 0.6 is 0 Å². The molecule has 2 N–H and O–H groups in total. The van der Waals surface area contributed by atoms with E-state index in [-0.39, 0.29) is 11.9 Å². The van der Waals surface area contributed by atoms with E-state index in [1.807, 2.05) is 19.2 Å². The fourth-order valence-corrected chi connectivity index (χ4v) is 2.39. The monoisotopic (exact) mass is 276 g/mol. The summed E-state index contributed by atoms with van der Waals surface area (Å²) in [5.74, 6) is 0.866. The van der Waals surface area contributed by atoms with Crippen LogP contribution in [0.15, 0.2) is 18.3 Å². The minimum Gasteiger partial charge on any atom is -0.377 e. The van der Waals surface area contributed by atoms with Gasteiger partial charge in [-0.3, -0.25) is 4.79 Å². The van der Waals surface area contributed by atoms with Gasteiger partial charge in [0.1, 0.15) is 11.9 Å². The van der Waals surface area contributed by atoms with Crippen LogP contribution < -0.4 is 15.5 Å². The number of ether oxygens (including phenoxy) is 1. The van der Waals surface area contributed by atoms with Gasteiger partial charge in [0.15, 0.2) is 0 Å². The number of nitrogens with one attached hydrogen (secondary N) is 2. The van der Waals surface area contributed by atoms with Gasteiger partial charge in [-0.15, -0.1) is 0 Å². The van der Waals surface area contributed by atoms with Crippen LogP contribution in [0.2, 0.25) is 0 Å². The fourth-order valence-electron chi connectivity index (χ4n) is 2.39. The van der Waals surface area contributed by atoms with Gasteiger partial charge in [-0.05, 0) is 18.9 Å². The number of morpholine rings is 1. The standard InChI is InChI=1S/C14H20N4O2/c1-15-13-8-11(4-5-16-13)18-6-7-20-9-12(18)14(19)17-10-2-3-10/h4-5,8,10,12H,2-3,6-7,9H2,1H3,(H,15,16)(H,17,19). The van der Waals surface area contributed by atoms with Crippen molar-refractivity contribution in [1.29, 1.82) is 0 Å². The average Bonchev–Trinajstić information content (AvgIpc) is 3.31. The van der Waals surface area contributed by atoms with Crippen LogP contribution in [0.3, 0.4) is 0 Å². The zero-order chi connectivity index (χ0) is 13.9. The van der Waals surface area contributed by atoms with Crippen molar-refractivity contribution in [2.45, 2.75) is 24.9 Å². The molecule has 20 heavy (non-hydrogen) atoms. The number of hydrogen-bond donors (Lipinski definition) is 2. The van der Waals surface area contributed by atoms with Crippen molar-refractivity contribution in [3.8, 4) is 0 Å². The number of amides is 1. The molecule has 2 aliphatic rings. The van der Waals surface area contributed by atoms with E-state index in [2.05, 4.69) is 20.5 Å². The second-order valence-electron chi connectivity index (χ2n) is 5.22. The topological polar surface area (TPSA) is 66.5 Å². The van der Waals surface area contributed by atoms with Crippen LogP contribution in [0.25, 0.3) is 0 Å². The maximum absolute atomic E-state index is 12.3. The van der Waals surface area contributed by atoms with Gasteiger partial charge in [-0.1, -0.05) is 0 Å². The maximum atomic E-state index is 12.3. The van der Waals surface area contributed by atoms with E-state index >= 15 is 0 Å². The highest BCUT2D eigenvalue weighted by Gasteiger charge is 2.33. The number of rotatable bonds is 4. The predicted molar refractivity (Wildman–Crippen MR) is 76.9 cm³/mol. The Balaban J connectivity index is 1.77. The van der Waals surface area contributed by atoms with Gasteiger partial charge in [0.2, 0.25) is 5.91 Å². The molecule has 0 spiro atoms. The summed E-state index contributed by atoms with van der Waals surface area (Å²) in [6.07, 6.45) is 3.95. The Labute approximate surface area is 118 Å². The molecule has 108 valence electrons. The average molecular weight is 276 g/mol. The first-order chi connectivity index (χ1) is 9.78. The first kappa shape index (κ1) is 13.2. The van der Waals surface area contributed by atoms with E-state index in [4.69, 9.17) is 4.74 Å². The van der Waals surface area contributed by atoms with Gasteiger partial charge >= 0.3 is 0 Å². The zero-order valence-corrected chi connectivity index (χ0v) is 11.6. The highest BCUT2D eigenvalue weighted by Crippen LogP contribution is 2.23. The molecule has 1 aromatic rings. The summed E-state index contributed by atoms with van der Waals surface area (Å²) < 4.78 is 5.48. The molecular weight excluding hydrogens is 256 g/mol. The van der Waals surface area contributed by atoms with Crippen molar-refractivity contribution < 1.29 is 9.53 Å². The highest BCUT2D eigenvalue weighted by molar-refractivity contribution is 5.86. The molecule has 2 fully saturated rings. The van der Waals surface area contributed by atoms with Gasteiger partial charge in [0, 0.05) is 37.6 Å². The third kappa shape index (κ3) is 2.85. The lowest BCUT2D eigenvalue weighted by Gasteiger charge is -2.36. The Hall–Kier alpha value is -1.82. The van der Waals surface area contributed by atoms with Gasteiger partial charge in [0.05, 0.1) is 13.2 Å². The van der Waals surface area contributed by atoms with E-state index in [1.165, 1.54) is 0 Å². The minimum absolute atomic E-state index is 0.0648. The summed E-state index contributed by atoms with van der Waals surface area (Å²) in [4.78, 5) is 18.6. The molecular formula is C14H20N4O2. The first-order valence-electron chi connectivity index (χ1n) is 7.06. The maximum Gasteiger partial charge on any atom is 0.245 e. The number of aromatic nitrogens is 1. The summed E-state index contributed by atoms with van der Waals surface area (Å²) in [6.45, 7) is 1.80. The molecule has 1 unspecified atom stereocenters. The van der Waals surface area contributed by atoms with Gasteiger partial charge in [0.25, 0.3) is 0 Å². The molecule has 0 bridgehead atoms. The summed E-state index contributed by atoms with van der Waals surface area (Å²) >= 11 is 0.